The molecule has 2 nitrogen and oxygen atoms in total. The molecule has 0 bridgehead atoms. The highest BCUT2D eigenvalue weighted by molar-refractivity contribution is 5.88. The van der Waals surface area contributed by atoms with E-state index < -0.39 is 0 Å². The Morgan fingerprint density at radius 1 is 0.900 bits per heavy atom. The SMILES string of the molecule is Cc1cc(C=O)ccc1Oc1cccc2ccccc12. The Labute approximate surface area is 117 Å². The first-order chi connectivity index (χ1) is 9.78. The Bertz CT molecular complexity index is 770. The highest BCUT2D eigenvalue weighted by atomic mass is 16.5. The molecule has 3 rings (SSSR count). The molecule has 0 fully saturated rings. The summed E-state index contributed by atoms with van der Waals surface area (Å²) in [6, 6.07) is 19.5. The van der Waals surface area contributed by atoms with Crippen molar-refractivity contribution in [2.75, 3.05) is 0 Å². The molecule has 0 amide bonds. The molecule has 0 aromatic heterocycles. The van der Waals surface area contributed by atoms with Crippen LogP contribution < -0.4 is 4.74 Å². The summed E-state index contributed by atoms with van der Waals surface area (Å²) in [4.78, 5) is 10.8. The number of aryl methyl sites for hydroxylation is 1. The number of ether oxygens (including phenoxy) is 1. The third-order valence-corrected chi connectivity index (χ3v) is 3.30. The standard InChI is InChI=1S/C18H14O2/c1-13-11-14(12-19)9-10-17(13)20-18-8-4-6-15-5-2-3-7-16(15)18/h2-12H,1H3. The van der Waals surface area contributed by atoms with Gasteiger partial charge in [-0.3, -0.25) is 4.79 Å². The average molecular weight is 262 g/mol. The monoisotopic (exact) mass is 262 g/mol. The lowest BCUT2D eigenvalue weighted by atomic mass is 10.1. The fourth-order valence-electron chi connectivity index (χ4n) is 2.26. The molecule has 0 spiro atoms. The molecule has 20 heavy (non-hydrogen) atoms. The van der Waals surface area contributed by atoms with Crippen LogP contribution in [0.15, 0.2) is 60.7 Å². The van der Waals surface area contributed by atoms with Crippen molar-refractivity contribution in [1.29, 1.82) is 0 Å². The van der Waals surface area contributed by atoms with Gasteiger partial charge in [0.1, 0.15) is 17.8 Å². The fourth-order valence-corrected chi connectivity index (χ4v) is 2.26. The molecule has 98 valence electrons. The molecule has 0 aliphatic carbocycles. The number of aldehydes is 1. The second-order valence-electron chi connectivity index (χ2n) is 4.72. The largest absolute Gasteiger partial charge is 0.456 e. The zero-order valence-electron chi connectivity index (χ0n) is 11.2. The third kappa shape index (κ3) is 2.28. The van der Waals surface area contributed by atoms with E-state index >= 15 is 0 Å². The first-order valence-electron chi connectivity index (χ1n) is 6.49. The molecule has 0 aliphatic heterocycles. The van der Waals surface area contributed by atoms with E-state index in [2.05, 4.69) is 12.1 Å². The van der Waals surface area contributed by atoms with Gasteiger partial charge in [0.25, 0.3) is 0 Å². The maximum Gasteiger partial charge on any atom is 0.150 e. The van der Waals surface area contributed by atoms with E-state index in [1.54, 1.807) is 6.07 Å². The van der Waals surface area contributed by atoms with Crippen LogP contribution in [0.25, 0.3) is 10.8 Å². The van der Waals surface area contributed by atoms with Crippen molar-refractivity contribution in [1.82, 2.24) is 0 Å². The van der Waals surface area contributed by atoms with Gasteiger partial charge < -0.3 is 4.74 Å². The minimum atomic E-state index is 0.660. The molecular weight excluding hydrogens is 248 g/mol. The first-order valence-corrected chi connectivity index (χ1v) is 6.49. The van der Waals surface area contributed by atoms with Crippen LogP contribution in [0.1, 0.15) is 15.9 Å². The van der Waals surface area contributed by atoms with Crippen molar-refractivity contribution in [2.45, 2.75) is 6.92 Å². The van der Waals surface area contributed by atoms with Crippen LogP contribution in [0.2, 0.25) is 0 Å². The smallest absolute Gasteiger partial charge is 0.150 e. The van der Waals surface area contributed by atoms with Crippen molar-refractivity contribution in [3.05, 3.63) is 71.8 Å². The van der Waals surface area contributed by atoms with Gasteiger partial charge >= 0.3 is 0 Å². The van der Waals surface area contributed by atoms with Gasteiger partial charge in [-0.2, -0.15) is 0 Å². The van der Waals surface area contributed by atoms with Crippen molar-refractivity contribution in [3.63, 3.8) is 0 Å². The maximum atomic E-state index is 10.8. The van der Waals surface area contributed by atoms with E-state index in [0.29, 0.717) is 5.56 Å². The van der Waals surface area contributed by atoms with Gasteiger partial charge in [0.15, 0.2) is 0 Å². The first kappa shape index (κ1) is 12.4. The topological polar surface area (TPSA) is 26.3 Å². The van der Waals surface area contributed by atoms with Crippen LogP contribution in [0.4, 0.5) is 0 Å². The van der Waals surface area contributed by atoms with Crippen LogP contribution >= 0.6 is 0 Å². The summed E-state index contributed by atoms with van der Waals surface area (Å²) in [6.45, 7) is 1.94. The summed E-state index contributed by atoms with van der Waals surface area (Å²) in [5.74, 6) is 1.59. The summed E-state index contributed by atoms with van der Waals surface area (Å²) in [5, 5.41) is 2.22. The molecule has 3 aromatic rings. The van der Waals surface area contributed by atoms with Gasteiger partial charge in [-0.1, -0.05) is 36.4 Å². The Morgan fingerprint density at radius 3 is 2.50 bits per heavy atom. The highest BCUT2D eigenvalue weighted by Gasteiger charge is 2.05. The van der Waals surface area contributed by atoms with Crippen molar-refractivity contribution in [2.24, 2.45) is 0 Å². The number of benzene rings is 3. The summed E-state index contributed by atoms with van der Waals surface area (Å²) in [5.41, 5.74) is 1.61. The van der Waals surface area contributed by atoms with Gasteiger partial charge in [-0.25, -0.2) is 0 Å². The number of carbonyl (C=O) groups excluding carboxylic acids is 1. The van der Waals surface area contributed by atoms with Crippen LogP contribution in [0.5, 0.6) is 11.5 Å². The molecule has 0 saturated heterocycles. The second-order valence-corrected chi connectivity index (χ2v) is 4.72. The summed E-state index contributed by atoms with van der Waals surface area (Å²) >= 11 is 0. The van der Waals surface area contributed by atoms with Crippen LogP contribution in [-0.4, -0.2) is 6.29 Å². The molecule has 2 heteroatoms. The summed E-state index contributed by atoms with van der Waals surface area (Å²) in [7, 11) is 0. The molecule has 0 N–H and O–H groups in total. The van der Waals surface area contributed by atoms with E-state index in [1.807, 2.05) is 49.4 Å². The Hall–Kier alpha value is -2.61. The number of hydrogen-bond donors (Lipinski definition) is 0. The van der Waals surface area contributed by atoms with Gasteiger partial charge in [-0.05, 0) is 42.1 Å². The van der Waals surface area contributed by atoms with Crippen LogP contribution in [-0.2, 0) is 0 Å². The highest BCUT2D eigenvalue weighted by Crippen LogP contribution is 2.31. The quantitative estimate of drug-likeness (QED) is 0.636. The molecule has 3 aromatic carbocycles. The molecular formula is C18H14O2. The van der Waals surface area contributed by atoms with Crippen LogP contribution in [0, 0.1) is 6.92 Å². The van der Waals surface area contributed by atoms with Gasteiger partial charge in [-0.15, -0.1) is 0 Å². The minimum absolute atomic E-state index is 0.660. The maximum absolute atomic E-state index is 10.8. The van der Waals surface area contributed by atoms with Gasteiger partial charge in [0, 0.05) is 10.9 Å². The van der Waals surface area contributed by atoms with E-state index in [0.717, 1.165) is 34.1 Å². The Balaban J connectivity index is 2.03. The van der Waals surface area contributed by atoms with E-state index in [4.69, 9.17) is 4.74 Å². The molecule has 0 atom stereocenters. The van der Waals surface area contributed by atoms with Gasteiger partial charge in [0.05, 0.1) is 0 Å². The molecule has 0 radical (unpaired) electrons. The molecule has 0 heterocycles. The zero-order valence-corrected chi connectivity index (χ0v) is 11.2. The zero-order chi connectivity index (χ0) is 13.9. The van der Waals surface area contributed by atoms with Crippen molar-refractivity contribution >= 4 is 17.1 Å². The van der Waals surface area contributed by atoms with E-state index in [1.165, 1.54) is 0 Å². The van der Waals surface area contributed by atoms with Crippen LogP contribution in [0.3, 0.4) is 0 Å². The predicted molar refractivity (Wildman–Crippen MR) is 80.6 cm³/mol. The molecule has 0 unspecified atom stereocenters. The summed E-state index contributed by atoms with van der Waals surface area (Å²) in [6.07, 6.45) is 0.842. The predicted octanol–water partition coefficient (Wildman–Crippen LogP) is 4.75. The third-order valence-electron chi connectivity index (χ3n) is 3.30. The van der Waals surface area contributed by atoms with Gasteiger partial charge in [0.2, 0.25) is 0 Å². The fraction of sp³-hybridized carbons (Fsp3) is 0.0556. The number of hydrogen-bond acceptors (Lipinski definition) is 2. The second kappa shape index (κ2) is 5.17. The lowest BCUT2D eigenvalue weighted by molar-refractivity contribution is 0.112. The number of carbonyl (C=O) groups is 1. The molecule has 0 saturated carbocycles. The summed E-state index contributed by atoms with van der Waals surface area (Å²) < 4.78 is 6.01. The minimum Gasteiger partial charge on any atom is -0.456 e. The lowest BCUT2D eigenvalue weighted by Crippen LogP contribution is -1.90. The van der Waals surface area contributed by atoms with Crippen molar-refractivity contribution < 1.29 is 9.53 Å². The molecule has 0 aliphatic rings. The Kier molecular flexibility index (Phi) is 3.21. The van der Waals surface area contributed by atoms with E-state index in [-0.39, 0.29) is 0 Å². The number of rotatable bonds is 3. The van der Waals surface area contributed by atoms with E-state index in [9.17, 15) is 4.79 Å². The Morgan fingerprint density at radius 2 is 1.70 bits per heavy atom. The normalized spacial score (nSPS) is 10.4. The number of fused-ring (bicyclic) bond motifs is 1. The lowest BCUT2D eigenvalue weighted by Gasteiger charge is -2.11. The van der Waals surface area contributed by atoms with Crippen molar-refractivity contribution in [3.8, 4) is 11.5 Å². The average Bonchev–Trinajstić information content (AvgIpc) is 2.49.